The highest BCUT2D eigenvalue weighted by Gasteiger charge is 2.41. The minimum absolute atomic E-state index is 0.00257. The number of ether oxygens (including phenoxy) is 6. The van der Waals surface area contributed by atoms with Crippen molar-refractivity contribution < 1.29 is 47.6 Å². The highest BCUT2D eigenvalue weighted by Crippen LogP contribution is 2.43. The zero-order valence-electron chi connectivity index (χ0n) is 33.2. The summed E-state index contributed by atoms with van der Waals surface area (Å²) in [5.74, 6) is -4.14. The van der Waals surface area contributed by atoms with E-state index in [1.54, 1.807) is 76.2 Å². The molecule has 3 aromatic carbocycles. The molecule has 0 aliphatic carbocycles. The Bertz CT molecular complexity index is 2020. The number of allylic oxidation sites excluding steroid dienone is 2. The summed E-state index contributed by atoms with van der Waals surface area (Å²) >= 11 is 13.2. The van der Waals surface area contributed by atoms with Crippen LogP contribution in [0.25, 0.3) is 0 Å². The predicted octanol–water partition coefficient (Wildman–Crippen LogP) is 7.33. The van der Waals surface area contributed by atoms with Gasteiger partial charge in [-0.05, 0) is 62.1 Å². The normalized spacial score (nSPS) is 16.8. The molecule has 0 fully saturated rings. The van der Waals surface area contributed by atoms with Gasteiger partial charge in [-0.25, -0.2) is 19.2 Å². The van der Waals surface area contributed by atoms with Crippen LogP contribution in [0.3, 0.4) is 0 Å². The van der Waals surface area contributed by atoms with Crippen molar-refractivity contribution in [3.63, 3.8) is 0 Å². The minimum Gasteiger partial charge on any atom is -0.466 e. The molecule has 306 valence electrons. The summed E-state index contributed by atoms with van der Waals surface area (Å²) in [4.78, 5) is 53.1. The second kappa shape index (κ2) is 20.3. The van der Waals surface area contributed by atoms with Crippen molar-refractivity contribution >= 4 is 47.1 Å². The molecule has 14 heteroatoms. The van der Waals surface area contributed by atoms with Crippen LogP contribution >= 0.6 is 23.2 Å². The van der Waals surface area contributed by atoms with Crippen LogP contribution < -0.4 is 10.6 Å². The van der Waals surface area contributed by atoms with Crippen LogP contribution in [-0.2, 0) is 60.8 Å². The lowest BCUT2D eigenvalue weighted by atomic mass is 9.80. The van der Waals surface area contributed by atoms with Crippen LogP contribution in [0, 0.1) is 0 Å². The van der Waals surface area contributed by atoms with E-state index in [9.17, 15) is 19.2 Å². The minimum atomic E-state index is -0.857. The van der Waals surface area contributed by atoms with Crippen LogP contribution in [0.1, 0.15) is 61.8 Å². The zero-order chi connectivity index (χ0) is 41.9. The second-order valence-corrected chi connectivity index (χ2v) is 14.1. The van der Waals surface area contributed by atoms with Gasteiger partial charge in [0.15, 0.2) is 0 Å². The number of carbonyl (C=O) groups excluding carboxylic acids is 4. The van der Waals surface area contributed by atoms with Gasteiger partial charge < -0.3 is 39.1 Å². The molecule has 2 unspecified atom stereocenters. The molecule has 0 radical (unpaired) electrons. The van der Waals surface area contributed by atoms with Gasteiger partial charge in [0.25, 0.3) is 0 Å². The lowest BCUT2D eigenvalue weighted by Crippen LogP contribution is -2.34. The summed E-state index contributed by atoms with van der Waals surface area (Å²) in [5, 5.41) is 7.12. The van der Waals surface area contributed by atoms with Crippen LogP contribution in [0.2, 0.25) is 10.0 Å². The molecule has 12 nitrogen and oxygen atoms in total. The van der Waals surface area contributed by atoms with Gasteiger partial charge in [-0.3, -0.25) is 0 Å². The molecule has 0 amide bonds. The first kappa shape index (κ1) is 43.7. The number of benzene rings is 3. The summed E-state index contributed by atoms with van der Waals surface area (Å²) < 4.78 is 33.4. The molecule has 2 atom stereocenters. The Kier molecular flexibility index (Phi) is 15.3. The van der Waals surface area contributed by atoms with E-state index < -0.39 is 35.7 Å². The molecule has 2 aliphatic rings. The Morgan fingerprint density at radius 2 is 0.897 bits per heavy atom. The van der Waals surface area contributed by atoms with Crippen molar-refractivity contribution in [2.24, 2.45) is 0 Å². The number of hydrogen-bond donors (Lipinski definition) is 2. The summed E-state index contributed by atoms with van der Waals surface area (Å²) in [6, 6.07) is 21.6. The van der Waals surface area contributed by atoms with E-state index in [0.29, 0.717) is 44.0 Å². The third-order valence-electron chi connectivity index (χ3n) is 9.58. The van der Waals surface area contributed by atoms with Crippen molar-refractivity contribution in [3.8, 4) is 0 Å². The molecule has 0 saturated heterocycles. The third kappa shape index (κ3) is 9.82. The molecule has 58 heavy (non-hydrogen) atoms. The van der Waals surface area contributed by atoms with E-state index in [-0.39, 0.29) is 61.9 Å². The van der Waals surface area contributed by atoms with Crippen molar-refractivity contribution in [1.29, 1.82) is 0 Å². The standard InChI is InChI=1S/C44H46Cl2N2O10/c1-7-57-43(51)39-33(47-25(3)35(41(49)53-5)37(39)29-13-9-11-15-31(29)45)23-55-21-27-17-19-28(20-18-27)22-56-24-34-40(44(52)58-8-2)38(30-14-10-12-16-32(30)46)36(26(4)48-34)42(50)54-6/h9-20,37-38,47-48H,7-8,21-24H2,1-6H3. The van der Waals surface area contributed by atoms with Gasteiger partial charge in [-0.15, -0.1) is 0 Å². The number of carbonyl (C=O) groups is 4. The van der Waals surface area contributed by atoms with E-state index in [4.69, 9.17) is 51.6 Å². The summed E-state index contributed by atoms with van der Waals surface area (Å²) in [7, 11) is 2.56. The van der Waals surface area contributed by atoms with Gasteiger partial charge in [0.2, 0.25) is 0 Å². The fourth-order valence-electron chi connectivity index (χ4n) is 7.00. The Labute approximate surface area is 347 Å². The molecule has 0 saturated carbocycles. The quantitative estimate of drug-likeness (QED) is 0.110. The fraction of sp³-hybridized carbons (Fsp3) is 0.318. The molecule has 2 aliphatic heterocycles. The summed E-state index contributed by atoms with van der Waals surface area (Å²) in [5.41, 5.74) is 5.55. The highest BCUT2D eigenvalue weighted by atomic mass is 35.5. The molecule has 2 N–H and O–H groups in total. The SMILES string of the molecule is CCOC(=O)C1=C(COCc2ccc(COCC3=C(C(=O)OCC)C(c4ccccc4Cl)C(C(=O)OC)=C(C)N3)cc2)NC(C)=C(C(=O)OC)C1c1ccccc1Cl. The first-order chi connectivity index (χ1) is 27.9. The molecular formula is C44H46Cl2N2O10. The van der Waals surface area contributed by atoms with Gasteiger partial charge in [0.05, 0.1) is 99.4 Å². The Morgan fingerprint density at radius 3 is 1.22 bits per heavy atom. The molecule has 5 rings (SSSR count). The first-order valence-electron chi connectivity index (χ1n) is 18.6. The molecular weight excluding hydrogens is 787 g/mol. The number of methoxy groups -OCH3 is 2. The third-order valence-corrected chi connectivity index (χ3v) is 10.3. The Balaban J connectivity index is 1.32. The van der Waals surface area contributed by atoms with Crippen LogP contribution in [-0.4, -0.2) is 64.5 Å². The largest absolute Gasteiger partial charge is 0.466 e. The first-order valence-corrected chi connectivity index (χ1v) is 19.4. The summed E-state index contributed by atoms with van der Waals surface area (Å²) in [6.45, 7) is 7.49. The van der Waals surface area contributed by atoms with Crippen molar-refractivity contribution in [2.75, 3.05) is 40.6 Å². The predicted molar refractivity (Wildman–Crippen MR) is 217 cm³/mol. The molecule has 0 aromatic heterocycles. The number of nitrogens with one attached hydrogen (secondary N) is 2. The maximum absolute atomic E-state index is 13.5. The lowest BCUT2D eigenvalue weighted by Gasteiger charge is -2.31. The monoisotopic (exact) mass is 832 g/mol. The maximum atomic E-state index is 13.5. The number of esters is 4. The Morgan fingerprint density at radius 1 is 0.534 bits per heavy atom. The number of dihydropyridines is 2. The second-order valence-electron chi connectivity index (χ2n) is 13.2. The zero-order valence-corrected chi connectivity index (χ0v) is 34.7. The van der Waals surface area contributed by atoms with Gasteiger partial charge in [0.1, 0.15) is 0 Å². The van der Waals surface area contributed by atoms with Crippen LogP contribution in [0.5, 0.6) is 0 Å². The van der Waals surface area contributed by atoms with Crippen molar-refractivity contribution in [1.82, 2.24) is 10.6 Å². The summed E-state index contributed by atoms with van der Waals surface area (Å²) in [6.07, 6.45) is 0. The Hall–Kier alpha value is -5.40. The molecule has 0 spiro atoms. The lowest BCUT2D eigenvalue weighted by molar-refractivity contribution is -0.140. The van der Waals surface area contributed by atoms with E-state index in [0.717, 1.165) is 11.1 Å². The van der Waals surface area contributed by atoms with E-state index >= 15 is 0 Å². The van der Waals surface area contributed by atoms with Gasteiger partial charge in [0, 0.05) is 21.4 Å². The smallest absolute Gasteiger partial charge is 0.336 e. The molecule has 2 heterocycles. The highest BCUT2D eigenvalue weighted by molar-refractivity contribution is 6.32. The van der Waals surface area contributed by atoms with Crippen molar-refractivity contribution in [3.05, 3.63) is 150 Å². The number of rotatable bonds is 16. The fourth-order valence-corrected chi connectivity index (χ4v) is 7.49. The maximum Gasteiger partial charge on any atom is 0.336 e. The van der Waals surface area contributed by atoms with Gasteiger partial charge in [-0.1, -0.05) is 83.9 Å². The number of hydrogen-bond acceptors (Lipinski definition) is 12. The topological polar surface area (TPSA) is 148 Å². The van der Waals surface area contributed by atoms with Crippen LogP contribution in [0.4, 0.5) is 0 Å². The molecule has 3 aromatic rings. The van der Waals surface area contributed by atoms with Gasteiger partial charge in [-0.2, -0.15) is 0 Å². The van der Waals surface area contributed by atoms with Crippen LogP contribution in [0.15, 0.2) is 118 Å². The van der Waals surface area contributed by atoms with Gasteiger partial charge >= 0.3 is 23.9 Å². The van der Waals surface area contributed by atoms with E-state index in [1.165, 1.54) is 14.2 Å². The molecule has 0 bridgehead atoms. The van der Waals surface area contributed by atoms with E-state index in [1.807, 2.05) is 24.3 Å². The number of halogens is 2. The average molecular weight is 834 g/mol. The van der Waals surface area contributed by atoms with Crippen molar-refractivity contribution in [2.45, 2.75) is 52.7 Å². The average Bonchev–Trinajstić information content (AvgIpc) is 3.21. The van der Waals surface area contributed by atoms with E-state index in [2.05, 4.69) is 10.6 Å².